The van der Waals surface area contributed by atoms with Gasteiger partial charge in [-0.25, -0.2) is 0 Å². The molecule has 1 aromatic heterocycles. The molecule has 2 atom stereocenters. The quantitative estimate of drug-likeness (QED) is 0.910. The first kappa shape index (κ1) is 16.2. The number of aromatic nitrogens is 2. The number of hydrogen-bond acceptors (Lipinski definition) is 3. The molecule has 0 aliphatic carbocycles. The van der Waals surface area contributed by atoms with Gasteiger partial charge >= 0.3 is 0 Å². The molecule has 2 amide bonds. The number of nitrogens with one attached hydrogen (secondary N) is 1. The zero-order valence-electron chi connectivity index (χ0n) is 14.0. The van der Waals surface area contributed by atoms with Gasteiger partial charge in [0.15, 0.2) is 0 Å². The fourth-order valence-corrected chi connectivity index (χ4v) is 2.95. The van der Waals surface area contributed by atoms with Gasteiger partial charge in [0.2, 0.25) is 11.8 Å². The van der Waals surface area contributed by atoms with Crippen molar-refractivity contribution in [3.63, 3.8) is 0 Å². The molecule has 0 radical (unpaired) electrons. The van der Waals surface area contributed by atoms with Gasteiger partial charge in [0.05, 0.1) is 12.5 Å². The standard InChI is InChI=1S/C18H22N4O2/c1-13-4-6-16(7-5-13)22-12-15(10-17(22)23)18(24)20-14(2)11-21-9-3-8-19-21/h3-9,14-15H,10-12H2,1-2H3,(H,20,24)/t14-,15-/m1/s1. The first-order chi connectivity index (χ1) is 11.5. The van der Waals surface area contributed by atoms with Gasteiger partial charge in [-0.3, -0.25) is 14.3 Å². The highest BCUT2D eigenvalue weighted by atomic mass is 16.2. The molecule has 1 aliphatic heterocycles. The van der Waals surface area contributed by atoms with E-state index in [-0.39, 0.29) is 30.2 Å². The molecule has 1 fully saturated rings. The molecule has 3 rings (SSSR count). The summed E-state index contributed by atoms with van der Waals surface area (Å²) in [6.45, 7) is 4.99. The Morgan fingerprint density at radius 1 is 1.38 bits per heavy atom. The van der Waals surface area contributed by atoms with E-state index in [2.05, 4.69) is 10.4 Å². The molecule has 1 aliphatic rings. The minimum absolute atomic E-state index is 0.00117. The molecular weight excluding hydrogens is 304 g/mol. The summed E-state index contributed by atoms with van der Waals surface area (Å²) in [4.78, 5) is 26.4. The predicted octanol–water partition coefficient (Wildman–Crippen LogP) is 1.75. The van der Waals surface area contributed by atoms with Gasteiger partial charge in [-0.1, -0.05) is 17.7 Å². The molecule has 126 valence electrons. The van der Waals surface area contributed by atoms with Crippen LogP contribution in [0.3, 0.4) is 0 Å². The maximum absolute atomic E-state index is 12.4. The monoisotopic (exact) mass is 326 g/mol. The minimum atomic E-state index is -0.307. The van der Waals surface area contributed by atoms with Crippen molar-refractivity contribution in [2.24, 2.45) is 5.92 Å². The van der Waals surface area contributed by atoms with Crippen molar-refractivity contribution in [2.45, 2.75) is 32.9 Å². The zero-order chi connectivity index (χ0) is 17.1. The number of anilines is 1. The first-order valence-electron chi connectivity index (χ1n) is 8.18. The number of carbonyl (C=O) groups excluding carboxylic acids is 2. The minimum Gasteiger partial charge on any atom is -0.351 e. The van der Waals surface area contributed by atoms with E-state index in [1.54, 1.807) is 15.8 Å². The van der Waals surface area contributed by atoms with Gasteiger partial charge in [-0.05, 0) is 32.0 Å². The molecule has 2 aromatic rings. The molecule has 0 spiro atoms. The molecule has 1 saturated heterocycles. The summed E-state index contributed by atoms with van der Waals surface area (Å²) in [5.41, 5.74) is 2.00. The number of hydrogen-bond donors (Lipinski definition) is 1. The van der Waals surface area contributed by atoms with E-state index in [1.807, 2.05) is 50.4 Å². The summed E-state index contributed by atoms with van der Waals surface area (Å²) in [6, 6.07) is 9.61. The third kappa shape index (κ3) is 3.64. The van der Waals surface area contributed by atoms with Gasteiger partial charge in [-0.2, -0.15) is 5.10 Å². The fraction of sp³-hybridized carbons (Fsp3) is 0.389. The summed E-state index contributed by atoms with van der Waals surface area (Å²) in [6.07, 6.45) is 3.83. The third-order valence-electron chi connectivity index (χ3n) is 4.25. The van der Waals surface area contributed by atoms with E-state index < -0.39 is 0 Å². The Labute approximate surface area is 141 Å². The number of aryl methyl sites for hydroxylation is 1. The van der Waals surface area contributed by atoms with Crippen LogP contribution in [0.4, 0.5) is 5.69 Å². The highest BCUT2D eigenvalue weighted by molar-refractivity contribution is 6.00. The Morgan fingerprint density at radius 2 is 2.12 bits per heavy atom. The van der Waals surface area contributed by atoms with Crippen LogP contribution in [-0.4, -0.2) is 34.2 Å². The van der Waals surface area contributed by atoms with E-state index in [0.717, 1.165) is 11.3 Å². The maximum Gasteiger partial charge on any atom is 0.227 e. The number of rotatable bonds is 5. The van der Waals surface area contributed by atoms with Crippen LogP contribution >= 0.6 is 0 Å². The predicted molar refractivity (Wildman–Crippen MR) is 91.5 cm³/mol. The van der Waals surface area contributed by atoms with Gasteiger partial charge in [0.25, 0.3) is 0 Å². The topological polar surface area (TPSA) is 67.2 Å². The Kier molecular flexibility index (Phi) is 4.64. The highest BCUT2D eigenvalue weighted by Gasteiger charge is 2.35. The van der Waals surface area contributed by atoms with E-state index in [0.29, 0.717) is 13.1 Å². The highest BCUT2D eigenvalue weighted by Crippen LogP contribution is 2.25. The van der Waals surface area contributed by atoms with Gasteiger partial charge < -0.3 is 10.2 Å². The van der Waals surface area contributed by atoms with Crippen LogP contribution < -0.4 is 10.2 Å². The SMILES string of the molecule is Cc1ccc(N2C[C@H](C(=O)N[C@H](C)Cn3cccn3)CC2=O)cc1. The van der Waals surface area contributed by atoms with E-state index in [9.17, 15) is 9.59 Å². The molecule has 2 heterocycles. The smallest absolute Gasteiger partial charge is 0.227 e. The van der Waals surface area contributed by atoms with Crippen LogP contribution in [0, 0.1) is 12.8 Å². The van der Waals surface area contributed by atoms with Crippen molar-refractivity contribution in [1.82, 2.24) is 15.1 Å². The third-order valence-corrected chi connectivity index (χ3v) is 4.25. The molecule has 0 saturated carbocycles. The van der Waals surface area contributed by atoms with Crippen LogP contribution in [-0.2, 0) is 16.1 Å². The number of amides is 2. The molecular formula is C18H22N4O2. The summed E-state index contributed by atoms with van der Waals surface area (Å²) in [7, 11) is 0. The van der Waals surface area contributed by atoms with Crippen molar-refractivity contribution in [3.05, 3.63) is 48.3 Å². The molecule has 1 aromatic carbocycles. The summed E-state index contributed by atoms with van der Waals surface area (Å²) >= 11 is 0. The van der Waals surface area contributed by atoms with Crippen LogP contribution in [0.25, 0.3) is 0 Å². The second-order valence-electron chi connectivity index (χ2n) is 6.38. The maximum atomic E-state index is 12.4. The Morgan fingerprint density at radius 3 is 2.79 bits per heavy atom. The average molecular weight is 326 g/mol. The largest absolute Gasteiger partial charge is 0.351 e. The molecule has 1 N–H and O–H groups in total. The Balaban J connectivity index is 1.58. The average Bonchev–Trinajstić information content (AvgIpc) is 3.17. The lowest BCUT2D eigenvalue weighted by molar-refractivity contribution is -0.126. The lowest BCUT2D eigenvalue weighted by Crippen LogP contribution is -2.40. The van der Waals surface area contributed by atoms with E-state index in [1.165, 1.54) is 0 Å². The normalized spacial score (nSPS) is 18.7. The lowest BCUT2D eigenvalue weighted by Gasteiger charge is -2.18. The van der Waals surface area contributed by atoms with E-state index >= 15 is 0 Å². The molecule has 6 nitrogen and oxygen atoms in total. The summed E-state index contributed by atoms with van der Waals surface area (Å²) in [5.74, 6) is -0.379. The number of nitrogens with zero attached hydrogens (tertiary/aromatic N) is 3. The summed E-state index contributed by atoms with van der Waals surface area (Å²) < 4.78 is 1.78. The van der Waals surface area contributed by atoms with Crippen LogP contribution in [0.2, 0.25) is 0 Å². The molecule has 6 heteroatoms. The van der Waals surface area contributed by atoms with Crippen molar-refractivity contribution >= 4 is 17.5 Å². The van der Waals surface area contributed by atoms with Gasteiger partial charge in [0, 0.05) is 37.1 Å². The van der Waals surface area contributed by atoms with E-state index in [4.69, 9.17) is 0 Å². The number of benzene rings is 1. The second-order valence-corrected chi connectivity index (χ2v) is 6.38. The van der Waals surface area contributed by atoms with Crippen LogP contribution in [0.5, 0.6) is 0 Å². The molecule has 0 bridgehead atoms. The van der Waals surface area contributed by atoms with Crippen molar-refractivity contribution in [3.8, 4) is 0 Å². The van der Waals surface area contributed by atoms with Crippen molar-refractivity contribution < 1.29 is 9.59 Å². The molecule has 24 heavy (non-hydrogen) atoms. The van der Waals surface area contributed by atoms with Crippen molar-refractivity contribution in [2.75, 3.05) is 11.4 Å². The second kappa shape index (κ2) is 6.86. The van der Waals surface area contributed by atoms with Crippen LogP contribution in [0.15, 0.2) is 42.7 Å². The van der Waals surface area contributed by atoms with Gasteiger partial charge in [0.1, 0.15) is 0 Å². The zero-order valence-corrected chi connectivity index (χ0v) is 14.0. The van der Waals surface area contributed by atoms with Crippen LogP contribution in [0.1, 0.15) is 18.9 Å². The van der Waals surface area contributed by atoms with Crippen molar-refractivity contribution in [1.29, 1.82) is 0 Å². The summed E-state index contributed by atoms with van der Waals surface area (Å²) in [5, 5.41) is 7.12. The Hall–Kier alpha value is -2.63. The first-order valence-corrected chi connectivity index (χ1v) is 8.18. The van der Waals surface area contributed by atoms with Gasteiger partial charge in [-0.15, -0.1) is 0 Å². The lowest BCUT2D eigenvalue weighted by atomic mass is 10.1. The molecule has 0 unspecified atom stereocenters. The number of carbonyl (C=O) groups is 2. The fourth-order valence-electron chi connectivity index (χ4n) is 2.95. The Bertz CT molecular complexity index is 709.